The molecular weight excluding hydrogens is 344 g/mol. The third-order valence-corrected chi connectivity index (χ3v) is 4.31. The number of anilines is 2. The number of rotatable bonds is 5. The van der Waals surface area contributed by atoms with E-state index < -0.39 is 0 Å². The minimum atomic E-state index is -0.154. The van der Waals surface area contributed by atoms with Gasteiger partial charge in [0.15, 0.2) is 5.82 Å². The topological polar surface area (TPSA) is 97.0 Å². The molecule has 8 heteroatoms. The van der Waals surface area contributed by atoms with E-state index in [4.69, 9.17) is 4.42 Å². The molecule has 8 nitrogen and oxygen atoms in total. The summed E-state index contributed by atoms with van der Waals surface area (Å²) >= 11 is 0. The minimum absolute atomic E-state index is 0.0820. The van der Waals surface area contributed by atoms with Crippen LogP contribution in [0.4, 0.5) is 11.8 Å². The van der Waals surface area contributed by atoms with Crippen molar-refractivity contribution in [2.45, 2.75) is 18.9 Å². The highest BCUT2D eigenvalue weighted by molar-refractivity contribution is 5.92. The largest absolute Gasteiger partial charge is 0.465 e. The van der Waals surface area contributed by atoms with Gasteiger partial charge in [-0.1, -0.05) is 0 Å². The van der Waals surface area contributed by atoms with Crippen LogP contribution in [0.2, 0.25) is 0 Å². The SMILES string of the molecule is O=C(/C=C/c1ccco1)N1CCC[C@H]1c1nccnc1Nc1ncccn1. The van der Waals surface area contributed by atoms with E-state index in [1.165, 1.54) is 6.08 Å². The first kappa shape index (κ1) is 16.9. The summed E-state index contributed by atoms with van der Waals surface area (Å²) < 4.78 is 5.24. The first-order valence-electron chi connectivity index (χ1n) is 8.68. The third-order valence-electron chi connectivity index (χ3n) is 4.31. The van der Waals surface area contributed by atoms with Gasteiger partial charge in [0, 0.05) is 37.4 Å². The Balaban J connectivity index is 1.56. The molecule has 0 spiro atoms. The summed E-state index contributed by atoms with van der Waals surface area (Å²) in [6, 6.07) is 5.17. The number of nitrogens with zero attached hydrogens (tertiary/aromatic N) is 5. The van der Waals surface area contributed by atoms with Crippen molar-refractivity contribution in [1.29, 1.82) is 0 Å². The zero-order valence-corrected chi connectivity index (χ0v) is 14.5. The van der Waals surface area contributed by atoms with E-state index in [0.29, 0.717) is 29.8 Å². The molecule has 0 aliphatic carbocycles. The molecule has 136 valence electrons. The van der Waals surface area contributed by atoms with Crippen molar-refractivity contribution in [1.82, 2.24) is 24.8 Å². The van der Waals surface area contributed by atoms with E-state index in [0.717, 1.165) is 12.8 Å². The van der Waals surface area contributed by atoms with E-state index in [1.807, 2.05) is 0 Å². The Morgan fingerprint density at radius 2 is 2.00 bits per heavy atom. The van der Waals surface area contributed by atoms with Crippen molar-refractivity contribution in [3.8, 4) is 0 Å². The smallest absolute Gasteiger partial charge is 0.247 e. The number of aromatic nitrogens is 4. The fourth-order valence-corrected chi connectivity index (χ4v) is 3.11. The van der Waals surface area contributed by atoms with Crippen molar-refractivity contribution in [2.75, 3.05) is 11.9 Å². The highest BCUT2D eigenvalue weighted by Gasteiger charge is 2.32. The van der Waals surface area contributed by atoms with Gasteiger partial charge in [-0.2, -0.15) is 0 Å². The molecule has 27 heavy (non-hydrogen) atoms. The van der Waals surface area contributed by atoms with Crippen LogP contribution in [0.15, 0.2) is 59.7 Å². The maximum Gasteiger partial charge on any atom is 0.247 e. The number of hydrogen-bond donors (Lipinski definition) is 1. The van der Waals surface area contributed by atoms with Crippen LogP contribution in [0.25, 0.3) is 6.08 Å². The van der Waals surface area contributed by atoms with E-state index in [-0.39, 0.29) is 11.9 Å². The van der Waals surface area contributed by atoms with Crippen LogP contribution in [-0.2, 0) is 4.79 Å². The van der Waals surface area contributed by atoms with Crippen LogP contribution in [0, 0.1) is 0 Å². The number of nitrogens with one attached hydrogen (secondary N) is 1. The summed E-state index contributed by atoms with van der Waals surface area (Å²) in [5, 5.41) is 3.10. The average Bonchev–Trinajstić information content (AvgIpc) is 3.39. The van der Waals surface area contributed by atoms with Crippen LogP contribution in [0.5, 0.6) is 0 Å². The molecule has 0 unspecified atom stereocenters. The van der Waals surface area contributed by atoms with Gasteiger partial charge in [-0.25, -0.2) is 15.0 Å². The molecule has 0 saturated carbocycles. The molecule has 3 aromatic rings. The normalized spacial score (nSPS) is 16.7. The number of likely N-dealkylation sites (tertiary alicyclic amines) is 1. The lowest BCUT2D eigenvalue weighted by molar-refractivity contribution is -0.126. The number of amides is 1. The van der Waals surface area contributed by atoms with Crippen LogP contribution >= 0.6 is 0 Å². The molecule has 4 heterocycles. The predicted octanol–water partition coefficient (Wildman–Crippen LogP) is 2.98. The second-order valence-electron chi connectivity index (χ2n) is 6.03. The fraction of sp³-hybridized carbons (Fsp3) is 0.211. The Hall–Kier alpha value is -3.55. The van der Waals surface area contributed by atoms with E-state index >= 15 is 0 Å². The summed E-state index contributed by atoms with van der Waals surface area (Å²) in [6.07, 6.45) is 13.0. The van der Waals surface area contributed by atoms with E-state index in [1.54, 1.807) is 60.2 Å². The lowest BCUT2D eigenvalue weighted by atomic mass is 10.1. The molecule has 1 saturated heterocycles. The number of carbonyl (C=O) groups is 1. The highest BCUT2D eigenvalue weighted by atomic mass is 16.3. The second-order valence-corrected chi connectivity index (χ2v) is 6.03. The maximum atomic E-state index is 12.7. The molecule has 4 rings (SSSR count). The Morgan fingerprint density at radius 3 is 2.81 bits per heavy atom. The standard InChI is InChI=1S/C19H18N6O2/c26-16(7-6-14-4-2-13-27-14)25-12-1-5-15(25)17-18(21-11-10-20-17)24-19-22-8-3-9-23-19/h2-4,6-11,13,15H,1,5,12H2,(H,21,22,23,24)/b7-6+/t15-/m0/s1. The van der Waals surface area contributed by atoms with Gasteiger partial charge in [0.05, 0.1) is 12.3 Å². The molecular formula is C19H18N6O2. The molecule has 0 radical (unpaired) electrons. The van der Waals surface area contributed by atoms with Crippen molar-refractivity contribution >= 4 is 23.7 Å². The predicted molar refractivity (Wildman–Crippen MR) is 98.8 cm³/mol. The van der Waals surface area contributed by atoms with Crippen LogP contribution in [0.1, 0.15) is 30.3 Å². The molecule has 1 aliphatic rings. The number of furan rings is 1. The molecule has 1 N–H and O–H groups in total. The summed E-state index contributed by atoms with van der Waals surface area (Å²) in [5.74, 6) is 1.56. The van der Waals surface area contributed by atoms with Gasteiger partial charge < -0.3 is 14.6 Å². The van der Waals surface area contributed by atoms with Crippen LogP contribution in [0.3, 0.4) is 0 Å². The van der Waals surface area contributed by atoms with Gasteiger partial charge in [0.25, 0.3) is 0 Å². The molecule has 1 fully saturated rings. The molecule has 1 atom stereocenters. The maximum absolute atomic E-state index is 12.7. The monoisotopic (exact) mass is 362 g/mol. The summed E-state index contributed by atoms with van der Waals surface area (Å²) in [4.78, 5) is 31.7. The molecule has 0 aromatic carbocycles. The lowest BCUT2D eigenvalue weighted by Gasteiger charge is -2.24. The summed E-state index contributed by atoms with van der Waals surface area (Å²) in [7, 11) is 0. The third kappa shape index (κ3) is 3.84. The van der Waals surface area contributed by atoms with Gasteiger partial charge in [-0.3, -0.25) is 9.78 Å². The second kappa shape index (κ2) is 7.77. The minimum Gasteiger partial charge on any atom is -0.465 e. The summed E-state index contributed by atoms with van der Waals surface area (Å²) in [6.45, 7) is 0.670. The van der Waals surface area contributed by atoms with Gasteiger partial charge in [0.2, 0.25) is 11.9 Å². The first-order chi connectivity index (χ1) is 13.3. The van der Waals surface area contributed by atoms with E-state index in [9.17, 15) is 4.79 Å². The Labute approximate surface area is 156 Å². The van der Waals surface area contributed by atoms with Crippen molar-refractivity contribution in [3.05, 3.63) is 66.8 Å². The quantitative estimate of drug-likeness (QED) is 0.697. The van der Waals surface area contributed by atoms with Crippen molar-refractivity contribution < 1.29 is 9.21 Å². The Morgan fingerprint density at radius 1 is 1.15 bits per heavy atom. The van der Waals surface area contributed by atoms with Gasteiger partial charge in [-0.15, -0.1) is 0 Å². The molecule has 1 aliphatic heterocycles. The Kier molecular flexibility index (Phi) is 4.86. The van der Waals surface area contributed by atoms with Crippen LogP contribution in [-0.4, -0.2) is 37.3 Å². The van der Waals surface area contributed by atoms with Crippen molar-refractivity contribution in [3.63, 3.8) is 0 Å². The highest BCUT2D eigenvalue weighted by Crippen LogP contribution is 2.34. The molecule has 1 amide bonds. The van der Waals surface area contributed by atoms with Crippen molar-refractivity contribution in [2.24, 2.45) is 0 Å². The average molecular weight is 362 g/mol. The van der Waals surface area contributed by atoms with E-state index in [2.05, 4.69) is 25.3 Å². The molecule has 3 aromatic heterocycles. The van der Waals surface area contributed by atoms with Crippen LogP contribution < -0.4 is 5.32 Å². The zero-order valence-electron chi connectivity index (χ0n) is 14.5. The first-order valence-corrected chi connectivity index (χ1v) is 8.68. The Bertz CT molecular complexity index is 926. The lowest BCUT2D eigenvalue weighted by Crippen LogP contribution is -2.30. The fourth-order valence-electron chi connectivity index (χ4n) is 3.11. The summed E-state index contributed by atoms with van der Waals surface area (Å²) in [5.41, 5.74) is 0.710. The van der Waals surface area contributed by atoms with Gasteiger partial charge in [0.1, 0.15) is 11.5 Å². The zero-order chi connectivity index (χ0) is 18.5. The van der Waals surface area contributed by atoms with Gasteiger partial charge >= 0.3 is 0 Å². The number of hydrogen-bond acceptors (Lipinski definition) is 7. The van der Waals surface area contributed by atoms with Gasteiger partial charge in [-0.05, 0) is 37.1 Å². The number of carbonyl (C=O) groups excluding carboxylic acids is 1. The molecule has 0 bridgehead atoms.